The van der Waals surface area contributed by atoms with Gasteiger partial charge in [0.25, 0.3) is 5.91 Å². The van der Waals surface area contributed by atoms with Crippen LogP contribution in [0.2, 0.25) is 5.02 Å². The Morgan fingerprint density at radius 1 is 1.40 bits per heavy atom. The van der Waals surface area contributed by atoms with E-state index in [1.54, 1.807) is 24.3 Å². The summed E-state index contributed by atoms with van der Waals surface area (Å²) in [7, 11) is 0. The Morgan fingerprint density at radius 3 is 2.68 bits per heavy atom. The number of nitrogens with one attached hydrogen (secondary N) is 1. The molecular weight excluding hydrogens is 408 g/mol. The Morgan fingerprint density at radius 2 is 2.08 bits per heavy atom. The average Bonchev–Trinajstić information content (AvgIpc) is 2.58. The van der Waals surface area contributed by atoms with Crippen LogP contribution in [-0.2, 0) is 4.79 Å². The first-order chi connectivity index (χ1) is 11.9. The molecule has 0 fully saturated rings. The summed E-state index contributed by atoms with van der Waals surface area (Å²) in [5.74, 6) is -0.0153. The van der Waals surface area contributed by atoms with E-state index in [4.69, 9.17) is 16.3 Å². The number of anilines is 1. The number of hydrogen-bond acceptors (Lipinski definition) is 4. The van der Waals surface area contributed by atoms with Crippen LogP contribution in [0.1, 0.15) is 12.5 Å². The molecule has 2 aromatic carbocycles. The van der Waals surface area contributed by atoms with Gasteiger partial charge in [-0.25, -0.2) is 0 Å². The molecule has 0 atom stereocenters. The van der Waals surface area contributed by atoms with Crippen molar-refractivity contribution in [3.05, 3.63) is 57.0 Å². The number of nitriles is 1. The fourth-order valence-electron chi connectivity index (χ4n) is 2.00. The molecule has 0 aliphatic rings. The van der Waals surface area contributed by atoms with Crippen molar-refractivity contribution >= 4 is 45.2 Å². The number of ether oxygens (including phenoxy) is 1. The van der Waals surface area contributed by atoms with E-state index in [-0.39, 0.29) is 16.9 Å². The molecule has 0 bridgehead atoms. The maximum atomic E-state index is 12.3. The Kier molecular flexibility index (Phi) is 6.45. The SMILES string of the molecule is CCOc1ccc(NC(=O)/C(C#N)=C\c2cc(Cl)cc(Br)c2O)cc1. The number of hydrogen-bond donors (Lipinski definition) is 2. The van der Waals surface area contributed by atoms with Crippen LogP contribution in [0.15, 0.2) is 46.4 Å². The van der Waals surface area contributed by atoms with Crippen LogP contribution in [-0.4, -0.2) is 17.6 Å². The molecule has 0 heterocycles. The molecule has 0 saturated carbocycles. The van der Waals surface area contributed by atoms with Gasteiger partial charge in [-0.15, -0.1) is 0 Å². The molecule has 1 amide bonds. The lowest BCUT2D eigenvalue weighted by Crippen LogP contribution is -2.13. The van der Waals surface area contributed by atoms with Gasteiger partial charge in [0.2, 0.25) is 0 Å². The Bertz CT molecular complexity index is 858. The summed E-state index contributed by atoms with van der Waals surface area (Å²) in [6.45, 7) is 2.43. The standard InChI is InChI=1S/C18H14BrClN2O3/c1-2-25-15-5-3-14(4-6-15)22-18(24)12(10-21)7-11-8-13(20)9-16(19)17(11)23/h3-9,23H,2H2,1H3,(H,22,24)/b12-7-. The summed E-state index contributed by atoms with van der Waals surface area (Å²) in [5.41, 5.74) is 0.613. The number of aromatic hydroxyl groups is 1. The molecule has 2 rings (SSSR count). The van der Waals surface area contributed by atoms with Gasteiger partial charge in [-0.3, -0.25) is 4.79 Å². The number of halogens is 2. The molecule has 0 spiro atoms. The number of amides is 1. The van der Waals surface area contributed by atoms with Crippen LogP contribution in [0.25, 0.3) is 6.08 Å². The molecule has 25 heavy (non-hydrogen) atoms. The summed E-state index contributed by atoms with van der Waals surface area (Å²) >= 11 is 9.09. The van der Waals surface area contributed by atoms with Gasteiger partial charge in [-0.1, -0.05) is 11.6 Å². The number of carbonyl (C=O) groups is 1. The van der Waals surface area contributed by atoms with Gasteiger partial charge in [0.1, 0.15) is 23.1 Å². The number of benzene rings is 2. The molecule has 128 valence electrons. The van der Waals surface area contributed by atoms with E-state index < -0.39 is 5.91 Å². The third kappa shape index (κ3) is 4.99. The number of rotatable bonds is 5. The molecule has 0 unspecified atom stereocenters. The van der Waals surface area contributed by atoms with Crippen molar-refractivity contribution in [3.8, 4) is 17.6 Å². The van der Waals surface area contributed by atoms with E-state index in [2.05, 4.69) is 21.2 Å². The zero-order valence-electron chi connectivity index (χ0n) is 13.2. The van der Waals surface area contributed by atoms with Gasteiger partial charge in [-0.2, -0.15) is 5.26 Å². The van der Waals surface area contributed by atoms with Crippen molar-refractivity contribution in [2.75, 3.05) is 11.9 Å². The highest BCUT2D eigenvalue weighted by Crippen LogP contribution is 2.33. The van der Waals surface area contributed by atoms with Crippen molar-refractivity contribution < 1.29 is 14.6 Å². The summed E-state index contributed by atoms with van der Waals surface area (Å²) < 4.78 is 5.70. The summed E-state index contributed by atoms with van der Waals surface area (Å²) in [6, 6.07) is 11.6. The van der Waals surface area contributed by atoms with Gasteiger partial charge in [0.05, 0.1) is 11.1 Å². The van der Waals surface area contributed by atoms with Crippen LogP contribution in [0.3, 0.4) is 0 Å². The summed E-state index contributed by atoms with van der Waals surface area (Å²) in [6.07, 6.45) is 1.27. The van der Waals surface area contributed by atoms with E-state index >= 15 is 0 Å². The third-order valence-corrected chi connectivity index (χ3v) is 3.97. The van der Waals surface area contributed by atoms with Crippen LogP contribution in [0, 0.1) is 11.3 Å². The van der Waals surface area contributed by atoms with Gasteiger partial charge >= 0.3 is 0 Å². The summed E-state index contributed by atoms with van der Waals surface area (Å²) in [5, 5.41) is 22.2. The van der Waals surface area contributed by atoms with Gasteiger partial charge in [0, 0.05) is 16.3 Å². The topological polar surface area (TPSA) is 82.3 Å². The maximum absolute atomic E-state index is 12.3. The quantitative estimate of drug-likeness (QED) is 0.539. The first kappa shape index (κ1) is 18.8. The minimum Gasteiger partial charge on any atom is -0.506 e. The average molecular weight is 422 g/mol. The number of phenols is 1. The van der Waals surface area contributed by atoms with Crippen molar-refractivity contribution in [1.29, 1.82) is 5.26 Å². The predicted molar refractivity (Wildman–Crippen MR) is 101 cm³/mol. The molecule has 2 N–H and O–H groups in total. The van der Waals surface area contributed by atoms with E-state index in [1.807, 2.05) is 13.0 Å². The number of phenolic OH excluding ortho intramolecular Hbond substituents is 1. The lowest BCUT2D eigenvalue weighted by molar-refractivity contribution is -0.112. The molecule has 2 aromatic rings. The van der Waals surface area contributed by atoms with Crippen LogP contribution < -0.4 is 10.1 Å². The predicted octanol–water partition coefficient (Wildman–Crippen LogP) is 4.75. The zero-order chi connectivity index (χ0) is 18.4. The van der Waals surface area contributed by atoms with Crippen molar-refractivity contribution in [1.82, 2.24) is 0 Å². The highest BCUT2D eigenvalue weighted by molar-refractivity contribution is 9.10. The second-order valence-corrected chi connectivity index (χ2v) is 6.20. The smallest absolute Gasteiger partial charge is 0.266 e. The molecule has 0 saturated heterocycles. The Balaban J connectivity index is 2.23. The molecule has 0 aliphatic heterocycles. The van der Waals surface area contributed by atoms with Crippen molar-refractivity contribution in [2.45, 2.75) is 6.92 Å². The van der Waals surface area contributed by atoms with E-state index in [0.717, 1.165) is 0 Å². The van der Waals surface area contributed by atoms with Crippen LogP contribution >= 0.6 is 27.5 Å². The lowest BCUT2D eigenvalue weighted by Gasteiger charge is -2.07. The van der Waals surface area contributed by atoms with E-state index in [0.29, 0.717) is 27.5 Å². The maximum Gasteiger partial charge on any atom is 0.266 e. The fraction of sp³-hybridized carbons (Fsp3) is 0.111. The largest absolute Gasteiger partial charge is 0.506 e. The zero-order valence-corrected chi connectivity index (χ0v) is 15.6. The first-order valence-corrected chi connectivity index (χ1v) is 8.45. The van der Waals surface area contributed by atoms with E-state index in [9.17, 15) is 15.2 Å². The second kappa shape index (κ2) is 8.56. The number of carbonyl (C=O) groups excluding carboxylic acids is 1. The van der Waals surface area contributed by atoms with Crippen LogP contribution in [0.4, 0.5) is 5.69 Å². The summed E-state index contributed by atoms with van der Waals surface area (Å²) in [4.78, 5) is 12.3. The highest BCUT2D eigenvalue weighted by Gasteiger charge is 2.13. The first-order valence-electron chi connectivity index (χ1n) is 7.28. The molecule has 0 radical (unpaired) electrons. The lowest BCUT2D eigenvalue weighted by atomic mass is 10.1. The van der Waals surface area contributed by atoms with Gasteiger partial charge < -0.3 is 15.2 Å². The van der Waals surface area contributed by atoms with E-state index in [1.165, 1.54) is 18.2 Å². The monoisotopic (exact) mass is 420 g/mol. The van der Waals surface area contributed by atoms with Crippen molar-refractivity contribution in [3.63, 3.8) is 0 Å². The molecule has 7 heteroatoms. The van der Waals surface area contributed by atoms with Gasteiger partial charge in [-0.05, 0) is 65.3 Å². The third-order valence-electron chi connectivity index (χ3n) is 3.15. The van der Waals surface area contributed by atoms with Gasteiger partial charge in [0.15, 0.2) is 0 Å². The Labute approximate surface area is 158 Å². The fourth-order valence-corrected chi connectivity index (χ4v) is 2.83. The minimum absolute atomic E-state index is 0.106. The molecular formula is C18H14BrClN2O3. The molecule has 0 aromatic heterocycles. The van der Waals surface area contributed by atoms with Crippen molar-refractivity contribution in [2.24, 2.45) is 0 Å². The Hall–Kier alpha value is -2.49. The molecule has 5 nitrogen and oxygen atoms in total. The second-order valence-electron chi connectivity index (χ2n) is 4.91. The highest BCUT2D eigenvalue weighted by atomic mass is 79.9. The number of nitrogens with zero attached hydrogens (tertiary/aromatic N) is 1. The minimum atomic E-state index is -0.595. The van der Waals surface area contributed by atoms with Crippen LogP contribution in [0.5, 0.6) is 11.5 Å². The normalized spacial score (nSPS) is 10.9. The molecule has 0 aliphatic carbocycles.